The van der Waals surface area contributed by atoms with Gasteiger partial charge in [0.05, 0.1) is 0 Å². The lowest BCUT2D eigenvalue weighted by Crippen LogP contribution is -2.09. The third-order valence-electron chi connectivity index (χ3n) is 10.7. The highest BCUT2D eigenvalue weighted by atomic mass is 32.2. The molecule has 0 saturated carbocycles. The highest BCUT2D eigenvalue weighted by molar-refractivity contribution is 7.99. The highest BCUT2D eigenvalue weighted by Crippen LogP contribution is 2.49. The smallest absolute Gasteiger partial charge is 0.143 e. The van der Waals surface area contributed by atoms with Crippen LogP contribution >= 0.6 is 11.8 Å². The van der Waals surface area contributed by atoms with Crippen LogP contribution in [0.4, 0.5) is 17.1 Å². The van der Waals surface area contributed by atoms with Crippen molar-refractivity contribution in [1.82, 2.24) is 0 Å². The normalized spacial score (nSPS) is 12.1. The zero-order valence-electron chi connectivity index (χ0n) is 28.7. The van der Waals surface area contributed by atoms with Gasteiger partial charge >= 0.3 is 0 Å². The molecule has 1 aromatic heterocycles. The van der Waals surface area contributed by atoms with Crippen molar-refractivity contribution in [3.8, 4) is 33.4 Å². The van der Waals surface area contributed by atoms with Gasteiger partial charge in [-0.05, 0) is 98.8 Å². The lowest BCUT2D eigenvalue weighted by molar-refractivity contribution is 0.672. The molecule has 9 aromatic carbocycles. The summed E-state index contributed by atoms with van der Waals surface area (Å²) in [6, 6.07) is 67.9. The molecule has 1 aliphatic heterocycles. The first-order valence-corrected chi connectivity index (χ1v) is 18.8. The Balaban J connectivity index is 1.00. The standard InChI is InChI=1S/C50H31NOS/c1-2-8-32(9-3-1)33-16-22-38(23-17-33)51(40-26-29-42-45-28-20-35-10-4-5-13-41(35)50(45)52-46(42)31-40)39-24-18-34(19-25-39)37-21-27-43-44-14-6-11-36-12-7-15-47(49(36)44)53-48(43)30-37/h1-31H. The Hall–Kier alpha value is -6.55. The lowest BCUT2D eigenvalue weighted by Gasteiger charge is -2.26. The maximum atomic E-state index is 6.64. The third kappa shape index (κ3) is 4.97. The quantitative estimate of drug-likeness (QED) is 0.179. The van der Waals surface area contributed by atoms with Crippen LogP contribution in [0.3, 0.4) is 0 Å². The fourth-order valence-electron chi connectivity index (χ4n) is 8.06. The fraction of sp³-hybridized carbons (Fsp3) is 0. The molecule has 2 nitrogen and oxygen atoms in total. The Morgan fingerprint density at radius 3 is 1.83 bits per heavy atom. The molecule has 0 radical (unpaired) electrons. The van der Waals surface area contributed by atoms with Crippen molar-refractivity contribution in [3.63, 3.8) is 0 Å². The van der Waals surface area contributed by atoms with E-state index in [4.69, 9.17) is 4.42 Å². The zero-order chi connectivity index (χ0) is 34.9. The summed E-state index contributed by atoms with van der Waals surface area (Å²) in [6.45, 7) is 0. The highest BCUT2D eigenvalue weighted by Gasteiger charge is 2.20. The largest absolute Gasteiger partial charge is 0.455 e. The number of rotatable bonds is 5. The summed E-state index contributed by atoms with van der Waals surface area (Å²) in [5.41, 5.74) is 12.4. The van der Waals surface area contributed by atoms with E-state index < -0.39 is 0 Å². The molecule has 0 bridgehead atoms. The Morgan fingerprint density at radius 1 is 0.377 bits per heavy atom. The van der Waals surface area contributed by atoms with Crippen molar-refractivity contribution in [2.45, 2.75) is 9.79 Å². The fourth-order valence-corrected chi connectivity index (χ4v) is 9.25. The van der Waals surface area contributed by atoms with E-state index in [0.717, 1.165) is 44.4 Å². The van der Waals surface area contributed by atoms with Crippen LogP contribution in [0, 0.1) is 0 Å². The number of anilines is 3. The van der Waals surface area contributed by atoms with E-state index in [0.29, 0.717) is 0 Å². The molecule has 53 heavy (non-hydrogen) atoms. The molecule has 0 amide bonds. The van der Waals surface area contributed by atoms with Crippen molar-refractivity contribution in [3.05, 3.63) is 188 Å². The summed E-state index contributed by atoms with van der Waals surface area (Å²) in [5, 5.41) is 7.22. The second-order valence-electron chi connectivity index (χ2n) is 13.7. The van der Waals surface area contributed by atoms with Crippen molar-refractivity contribution in [2.24, 2.45) is 0 Å². The summed E-state index contributed by atoms with van der Waals surface area (Å²) in [6.07, 6.45) is 0. The predicted octanol–water partition coefficient (Wildman–Crippen LogP) is 14.8. The van der Waals surface area contributed by atoms with E-state index in [1.807, 2.05) is 11.8 Å². The molecule has 0 N–H and O–H groups in total. The summed E-state index contributed by atoms with van der Waals surface area (Å²) in [4.78, 5) is 4.94. The zero-order valence-corrected chi connectivity index (χ0v) is 29.5. The predicted molar refractivity (Wildman–Crippen MR) is 224 cm³/mol. The van der Waals surface area contributed by atoms with Gasteiger partial charge in [0.2, 0.25) is 0 Å². The summed E-state index contributed by atoms with van der Waals surface area (Å²) in [7, 11) is 0. The molecule has 248 valence electrons. The Labute approximate surface area is 311 Å². The summed E-state index contributed by atoms with van der Waals surface area (Å²) < 4.78 is 6.64. The van der Waals surface area contributed by atoms with Crippen LogP contribution in [0.1, 0.15) is 0 Å². The Bertz CT molecular complexity index is 3010. The SMILES string of the molecule is c1ccc(-c2ccc(N(c3ccc(-c4ccc5c(c4)Sc4cccc6cccc-5c46)cc3)c3ccc4c(c3)oc3c5ccccc5ccc43)cc2)cc1. The molecular formula is C50H31NOS. The number of nitrogens with zero attached hydrogens (tertiary/aromatic N) is 1. The van der Waals surface area contributed by atoms with Gasteiger partial charge in [-0.15, -0.1) is 0 Å². The maximum absolute atomic E-state index is 6.64. The van der Waals surface area contributed by atoms with Crippen LogP contribution in [0.2, 0.25) is 0 Å². The molecule has 0 fully saturated rings. The minimum atomic E-state index is 0.875. The molecule has 10 aromatic rings. The molecule has 0 spiro atoms. The Kier molecular flexibility index (Phi) is 6.83. The Morgan fingerprint density at radius 2 is 1.02 bits per heavy atom. The average Bonchev–Trinajstić information content (AvgIpc) is 3.60. The molecule has 1 aliphatic rings. The van der Waals surface area contributed by atoms with Crippen molar-refractivity contribution in [1.29, 1.82) is 0 Å². The van der Waals surface area contributed by atoms with Gasteiger partial charge in [-0.3, -0.25) is 0 Å². The maximum Gasteiger partial charge on any atom is 0.143 e. The van der Waals surface area contributed by atoms with Crippen molar-refractivity contribution in [2.75, 3.05) is 4.90 Å². The molecule has 0 saturated heterocycles. The molecule has 0 aliphatic carbocycles. The van der Waals surface area contributed by atoms with E-state index >= 15 is 0 Å². The van der Waals surface area contributed by atoms with Crippen LogP contribution in [-0.4, -0.2) is 0 Å². The number of benzene rings is 9. The van der Waals surface area contributed by atoms with Crippen molar-refractivity contribution >= 4 is 72.3 Å². The first-order valence-electron chi connectivity index (χ1n) is 18.0. The topological polar surface area (TPSA) is 16.4 Å². The average molecular weight is 694 g/mol. The second kappa shape index (κ2) is 12.0. The molecule has 3 heteroatoms. The number of hydrogen-bond donors (Lipinski definition) is 0. The summed E-state index contributed by atoms with van der Waals surface area (Å²) >= 11 is 1.87. The van der Waals surface area contributed by atoms with Crippen LogP contribution < -0.4 is 4.90 Å². The van der Waals surface area contributed by atoms with Crippen LogP contribution in [0.15, 0.2) is 202 Å². The minimum Gasteiger partial charge on any atom is -0.455 e. The van der Waals surface area contributed by atoms with Crippen LogP contribution in [-0.2, 0) is 0 Å². The van der Waals surface area contributed by atoms with Crippen LogP contribution in [0.5, 0.6) is 0 Å². The van der Waals surface area contributed by atoms with Gasteiger partial charge in [-0.2, -0.15) is 0 Å². The molecule has 0 atom stereocenters. The first-order chi connectivity index (χ1) is 26.2. The van der Waals surface area contributed by atoms with E-state index in [2.05, 4.69) is 193 Å². The molecule has 11 rings (SSSR count). The van der Waals surface area contributed by atoms with Gasteiger partial charge in [0.1, 0.15) is 11.2 Å². The van der Waals surface area contributed by atoms with E-state index in [1.54, 1.807) is 0 Å². The number of hydrogen-bond acceptors (Lipinski definition) is 3. The lowest BCUT2D eigenvalue weighted by atomic mass is 9.95. The van der Waals surface area contributed by atoms with Gasteiger partial charge < -0.3 is 9.32 Å². The first kappa shape index (κ1) is 30.1. The van der Waals surface area contributed by atoms with E-state index in [9.17, 15) is 0 Å². The van der Waals surface area contributed by atoms with E-state index in [1.165, 1.54) is 59.3 Å². The third-order valence-corrected chi connectivity index (χ3v) is 11.8. The molecular weight excluding hydrogens is 663 g/mol. The number of fused-ring (bicyclic) bond motifs is 7. The molecule has 2 heterocycles. The van der Waals surface area contributed by atoms with Gasteiger partial charge in [0.25, 0.3) is 0 Å². The number of furan rings is 1. The van der Waals surface area contributed by atoms with Gasteiger partial charge in [0.15, 0.2) is 0 Å². The van der Waals surface area contributed by atoms with Gasteiger partial charge in [-0.25, -0.2) is 0 Å². The van der Waals surface area contributed by atoms with Crippen LogP contribution in [0.25, 0.3) is 76.9 Å². The van der Waals surface area contributed by atoms with Gasteiger partial charge in [-0.1, -0.05) is 139 Å². The van der Waals surface area contributed by atoms with Gasteiger partial charge in [0, 0.05) is 54.5 Å². The minimum absolute atomic E-state index is 0.875. The summed E-state index contributed by atoms with van der Waals surface area (Å²) in [5.74, 6) is 0. The van der Waals surface area contributed by atoms with E-state index in [-0.39, 0.29) is 0 Å². The monoisotopic (exact) mass is 693 g/mol. The van der Waals surface area contributed by atoms with Crippen molar-refractivity contribution < 1.29 is 4.42 Å². The molecule has 0 unspecified atom stereocenters. The second-order valence-corrected chi connectivity index (χ2v) is 14.8.